The second-order valence-corrected chi connectivity index (χ2v) is 3.37. The average molecular weight is 203 g/mol. The van der Waals surface area contributed by atoms with E-state index in [0.29, 0.717) is 11.7 Å². The standard InChI is InChI=1S/C11H13N3O/c1-8-13-11(15-14-8)10-5-3-9(4-6-10)7-12-2/h3-6,12H,7H2,1-2H3. The van der Waals surface area contributed by atoms with Crippen LogP contribution in [0.2, 0.25) is 0 Å². The van der Waals surface area contributed by atoms with Gasteiger partial charge in [-0.1, -0.05) is 17.3 Å². The van der Waals surface area contributed by atoms with Crippen LogP contribution >= 0.6 is 0 Å². The van der Waals surface area contributed by atoms with E-state index in [2.05, 4.69) is 15.5 Å². The first-order chi connectivity index (χ1) is 7.29. The Morgan fingerprint density at radius 1 is 1.27 bits per heavy atom. The minimum atomic E-state index is 0.573. The Morgan fingerprint density at radius 2 is 2.00 bits per heavy atom. The zero-order valence-corrected chi connectivity index (χ0v) is 8.82. The first-order valence-corrected chi connectivity index (χ1v) is 4.84. The summed E-state index contributed by atoms with van der Waals surface area (Å²) in [5.41, 5.74) is 2.19. The molecule has 1 heterocycles. The van der Waals surface area contributed by atoms with E-state index in [-0.39, 0.29) is 0 Å². The Hall–Kier alpha value is -1.68. The number of hydrogen-bond acceptors (Lipinski definition) is 4. The number of nitrogens with one attached hydrogen (secondary N) is 1. The van der Waals surface area contributed by atoms with Gasteiger partial charge in [0.05, 0.1) is 0 Å². The Bertz CT molecular complexity index is 433. The molecule has 0 saturated heterocycles. The maximum atomic E-state index is 5.07. The maximum Gasteiger partial charge on any atom is 0.257 e. The normalized spacial score (nSPS) is 10.5. The van der Waals surface area contributed by atoms with Crippen molar-refractivity contribution in [2.75, 3.05) is 7.05 Å². The fraction of sp³-hybridized carbons (Fsp3) is 0.273. The molecule has 0 aliphatic heterocycles. The monoisotopic (exact) mass is 203 g/mol. The van der Waals surface area contributed by atoms with E-state index in [1.54, 1.807) is 0 Å². The molecule has 1 aromatic carbocycles. The van der Waals surface area contributed by atoms with Gasteiger partial charge in [-0.25, -0.2) is 0 Å². The van der Waals surface area contributed by atoms with Crippen LogP contribution in [0.3, 0.4) is 0 Å². The molecule has 0 radical (unpaired) electrons. The van der Waals surface area contributed by atoms with Crippen molar-refractivity contribution >= 4 is 0 Å². The number of benzene rings is 1. The van der Waals surface area contributed by atoms with Crippen LogP contribution in [-0.4, -0.2) is 17.2 Å². The Balaban J connectivity index is 2.23. The molecule has 1 N–H and O–H groups in total. The van der Waals surface area contributed by atoms with E-state index in [1.165, 1.54) is 5.56 Å². The first kappa shape index (κ1) is 9.86. The van der Waals surface area contributed by atoms with Gasteiger partial charge in [0.15, 0.2) is 5.82 Å². The van der Waals surface area contributed by atoms with E-state index < -0.39 is 0 Å². The number of hydrogen-bond donors (Lipinski definition) is 1. The number of aryl methyl sites for hydroxylation is 1. The Kier molecular flexibility index (Phi) is 2.78. The fourth-order valence-electron chi connectivity index (χ4n) is 1.38. The summed E-state index contributed by atoms with van der Waals surface area (Å²) >= 11 is 0. The third-order valence-corrected chi connectivity index (χ3v) is 2.11. The first-order valence-electron chi connectivity index (χ1n) is 4.84. The number of nitrogens with zero attached hydrogens (tertiary/aromatic N) is 2. The van der Waals surface area contributed by atoms with Crippen molar-refractivity contribution < 1.29 is 4.52 Å². The summed E-state index contributed by atoms with van der Waals surface area (Å²) in [6.07, 6.45) is 0. The summed E-state index contributed by atoms with van der Waals surface area (Å²) in [7, 11) is 1.93. The molecule has 0 aliphatic carbocycles. The molecular weight excluding hydrogens is 190 g/mol. The molecule has 4 heteroatoms. The molecule has 1 aromatic heterocycles. The van der Waals surface area contributed by atoms with Gasteiger partial charge in [-0.3, -0.25) is 0 Å². The predicted octanol–water partition coefficient (Wildman–Crippen LogP) is 1.76. The van der Waals surface area contributed by atoms with Crippen LogP contribution in [0.5, 0.6) is 0 Å². The molecule has 0 fully saturated rings. The van der Waals surface area contributed by atoms with Crippen LogP contribution in [0.1, 0.15) is 11.4 Å². The smallest absolute Gasteiger partial charge is 0.257 e. The van der Waals surface area contributed by atoms with Crippen molar-refractivity contribution in [2.24, 2.45) is 0 Å². The van der Waals surface area contributed by atoms with Crippen molar-refractivity contribution in [1.82, 2.24) is 15.5 Å². The van der Waals surface area contributed by atoms with Crippen molar-refractivity contribution in [3.8, 4) is 11.5 Å². The summed E-state index contributed by atoms with van der Waals surface area (Å²) in [5, 5.41) is 6.85. The topological polar surface area (TPSA) is 51.0 Å². The Morgan fingerprint density at radius 3 is 2.53 bits per heavy atom. The summed E-state index contributed by atoms with van der Waals surface area (Å²) in [6.45, 7) is 2.67. The molecule has 0 atom stereocenters. The predicted molar refractivity (Wildman–Crippen MR) is 57.2 cm³/mol. The van der Waals surface area contributed by atoms with Gasteiger partial charge >= 0.3 is 0 Å². The molecule has 0 unspecified atom stereocenters. The van der Waals surface area contributed by atoms with Crippen LogP contribution in [0.25, 0.3) is 11.5 Å². The van der Waals surface area contributed by atoms with Crippen LogP contribution in [0.15, 0.2) is 28.8 Å². The van der Waals surface area contributed by atoms with Gasteiger partial charge in [-0.05, 0) is 31.7 Å². The Labute approximate surface area is 88.3 Å². The largest absolute Gasteiger partial charge is 0.334 e. The SMILES string of the molecule is CNCc1ccc(-c2nc(C)no2)cc1. The van der Waals surface area contributed by atoms with Crippen LogP contribution < -0.4 is 5.32 Å². The van der Waals surface area contributed by atoms with Gasteiger partial charge in [0, 0.05) is 12.1 Å². The minimum Gasteiger partial charge on any atom is -0.334 e. The molecule has 78 valence electrons. The average Bonchev–Trinajstić information content (AvgIpc) is 2.67. The highest BCUT2D eigenvalue weighted by atomic mass is 16.5. The van der Waals surface area contributed by atoms with Crippen molar-refractivity contribution in [1.29, 1.82) is 0 Å². The zero-order chi connectivity index (χ0) is 10.7. The highest BCUT2D eigenvalue weighted by Crippen LogP contribution is 2.17. The quantitative estimate of drug-likeness (QED) is 0.825. The third kappa shape index (κ3) is 2.22. The molecule has 2 rings (SSSR count). The maximum absolute atomic E-state index is 5.07. The number of aromatic nitrogens is 2. The number of rotatable bonds is 3. The lowest BCUT2D eigenvalue weighted by molar-refractivity contribution is 0.425. The van der Waals surface area contributed by atoms with Gasteiger partial charge in [0.2, 0.25) is 0 Å². The fourth-order valence-corrected chi connectivity index (χ4v) is 1.38. The highest BCUT2D eigenvalue weighted by Gasteiger charge is 2.05. The molecule has 0 bridgehead atoms. The third-order valence-electron chi connectivity index (χ3n) is 2.11. The summed E-state index contributed by atoms with van der Waals surface area (Å²) in [6, 6.07) is 8.07. The van der Waals surface area contributed by atoms with E-state index in [4.69, 9.17) is 4.52 Å². The lowest BCUT2D eigenvalue weighted by Gasteiger charge is -1.99. The van der Waals surface area contributed by atoms with Crippen LogP contribution in [0, 0.1) is 6.92 Å². The van der Waals surface area contributed by atoms with Gasteiger partial charge < -0.3 is 9.84 Å². The summed E-state index contributed by atoms with van der Waals surface area (Å²) in [4.78, 5) is 4.16. The van der Waals surface area contributed by atoms with Gasteiger partial charge in [0.1, 0.15) is 0 Å². The van der Waals surface area contributed by atoms with Crippen LogP contribution in [0.4, 0.5) is 0 Å². The minimum absolute atomic E-state index is 0.573. The second-order valence-electron chi connectivity index (χ2n) is 3.37. The molecule has 15 heavy (non-hydrogen) atoms. The molecule has 0 amide bonds. The van der Waals surface area contributed by atoms with Crippen LogP contribution in [-0.2, 0) is 6.54 Å². The van der Waals surface area contributed by atoms with Crippen molar-refractivity contribution in [3.05, 3.63) is 35.7 Å². The lowest BCUT2D eigenvalue weighted by Crippen LogP contribution is -2.04. The highest BCUT2D eigenvalue weighted by molar-refractivity contribution is 5.53. The summed E-state index contributed by atoms with van der Waals surface area (Å²) < 4.78 is 5.07. The van der Waals surface area contributed by atoms with E-state index >= 15 is 0 Å². The second kappa shape index (κ2) is 4.23. The van der Waals surface area contributed by atoms with E-state index in [9.17, 15) is 0 Å². The van der Waals surface area contributed by atoms with Crippen molar-refractivity contribution in [3.63, 3.8) is 0 Å². The van der Waals surface area contributed by atoms with E-state index in [1.807, 2.05) is 38.2 Å². The molecule has 0 aliphatic rings. The molecular formula is C11H13N3O. The van der Waals surface area contributed by atoms with E-state index in [0.717, 1.165) is 12.1 Å². The lowest BCUT2D eigenvalue weighted by atomic mass is 10.1. The summed E-state index contributed by atoms with van der Waals surface area (Å²) in [5.74, 6) is 1.23. The molecule has 2 aromatic rings. The van der Waals surface area contributed by atoms with Gasteiger partial charge in [0.25, 0.3) is 5.89 Å². The van der Waals surface area contributed by atoms with Gasteiger partial charge in [-0.2, -0.15) is 4.98 Å². The molecule has 0 saturated carbocycles. The zero-order valence-electron chi connectivity index (χ0n) is 8.82. The van der Waals surface area contributed by atoms with Gasteiger partial charge in [-0.15, -0.1) is 0 Å². The molecule has 0 spiro atoms. The molecule has 4 nitrogen and oxygen atoms in total. The van der Waals surface area contributed by atoms with Crippen molar-refractivity contribution in [2.45, 2.75) is 13.5 Å².